The van der Waals surface area contributed by atoms with E-state index in [4.69, 9.17) is 11.6 Å². The summed E-state index contributed by atoms with van der Waals surface area (Å²) in [5.41, 5.74) is 4.15. The van der Waals surface area contributed by atoms with Gasteiger partial charge in [0.15, 0.2) is 0 Å². The highest BCUT2D eigenvalue weighted by Crippen LogP contribution is 2.39. The Hall–Kier alpha value is -0.0100. The summed E-state index contributed by atoms with van der Waals surface area (Å²) in [6, 6.07) is 4.29. The van der Waals surface area contributed by atoms with E-state index < -0.39 is 0 Å². The van der Waals surface area contributed by atoms with E-state index in [2.05, 4.69) is 69.6 Å². The van der Waals surface area contributed by atoms with Crippen molar-refractivity contribution in [1.82, 2.24) is 0 Å². The van der Waals surface area contributed by atoms with Crippen LogP contribution in [0.2, 0.25) is 5.02 Å². The second-order valence-electron chi connectivity index (χ2n) is 6.43. The molecule has 0 bridgehead atoms. The van der Waals surface area contributed by atoms with Gasteiger partial charge in [0.2, 0.25) is 0 Å². The Balaban J connectivity index is 2.91. The first-order valence-electron chi connectivity index (χ1n) is 6.53. The first-order chi connectivity index (χ1) is 8.12. The SMILES string of the molecule is Cc1cc(C(Br)CC(C)C(C)(C)C)c(C)cc1Cl. The number of rotatable bonds is 3. The second-order valence-corrected chi connectivity index (χ2v) is 7.94. The van der Waals surface area contributed by atoms with Crippen LogP contribution in [0.15, 0.2) is 12.1 Å². The molecule has 18 heavy (non-hydrogen) atoms. The van der Waals surface area contributed by atoms with Crippen molar-refractivity contribution in [3.05, 3.63) is 33.8 Å². The molecular formula is C16H24BrCl. The molecule has 0 amide bonds. The topological polar surface area (TPSA) is 0 Å². The molecule has 0 aliphatic rings. The van der Waals surface area contributed by atoms with Gasteiger partial charge in [0, 0.05) is 9.85 Å². The van der Waals surface area contributed by atoms with Gasteiger partial charge in [-0.2, -0.15) is 0 Å². The van der Waals surface area contributed by atoms with E-state index in [1.165, 1.54) is 11.1 Å². The highest BCUT2D eigenvalue weighted by Gasteiger charge is 2.24. The molecule has 0 radical (unpaired) electrons. The fraction of sp³-hybridized carbons (Fsp3) is 0.625. The lowest BCUT2D eigenvalue weighted by molar-refractivity contribution is 0.246. The van der Waals surface area contributed by atoms with Crippen molar-refractivity contribution >= 4 is 27.5 Å². The van der Waals surface area contributed by atoms with Crippen molar-refractivity contribution < 1.29 is 0 Å². The zero-order valence-electron chi connectivity index (χ0n) is 12.3. The zero-order chi connectivity index (χ0) is 14.1. The number of hydrogen-bond acceptors (Lipinski definition) is 0. The third kappa shape index (κ3) is 3.99. The average Bonchev–Trinajstić information content (AvgIpc) is 2.21. The van der Waals surface area contributed by atoms with Gasteiger partial charge in [0.05, 0.1) is 0 Å². The van der Waals surface area contributed by atoms with Crippen LogP contribution in [0.4, 0.5) is 0 Å². The van der Waals surface area contributed by atoms with Crippen LogP contribution in [0.25, 0.3) is 0 Å². The Labute approximate surface area is 125 Å². The summed E-state index contributed by atoms with van der Waals surface area (Å²) in [6.07, 6.45) is 1.14. The van der Waals surface area contributed by atoms with Gasteiger partial charge < -0.3 is 0 Å². The maximum absolute atomic E-state index is 6.15. The summed E-state index contributed by atoms with van der Waals surface area (Å²) < 4.78 is 0. The molecule has 102 valence electrons. The van der Waals surface area contributed by atoms with Gasteiger partial charge in [0.1, 0.15) is 0 Å². The molecule has 0 fully saturated rings. The van der Waals surface area contributed by atoms with Crippen molar-refractivity contribution in [1.29, 1.82) is 0 Å². The summed E-state index contributed by atoms with van der Waals surface area (Å²) in [4.78, 5) is 0.405. The maximum atomic E-state index is 6.15. The minimum atomic E-state index is 0.349. The lowest BCUT2D eigenvalue weighted by atomic mass is 9.78. The number of halogens is 2. The standard InChI is InChI=1S/C16H24BrCl/c1-10-8-15(18)11(2)7-13(10)14(17)9-12(3)16(4,5)6/h7-8,12,14H,9H2,1-6H3. The van der Waals surface area contributed by atoms with E-state index in [1.807, 2.05) is 0 Å². The molecule has 0 aromatic heterocycles. The van der Waals surface area contributed by atoms with Crippen LogP contribution in [-0.4, -0.2) is 0 Å². The molecule has 0 N–H and O–H groups in total. The third-order valence-electron chi connectivity index (χ3n) is 3.92. The molecular weight excluding hydrogens is 308 g/mol. The van der Waals surface area contributed by atoms with Gasteiger partial charge >= 0.3 is 0 Å². The highest BCUT2D eigenvalue weighted by atomic mass is 79.9. The van der Waals surface area contributed by atoms with Crippen molar-refractivity contribution in [3.8, 4) is 0 Å². The summed E-state index contributed by atoms with van der Waals surface area (Å²) in [5.74, 6) is 0.664. The predicted molar refractivity (Wildman–Crippen MR) is 85.8 cm³/mol. The van der Waals surface area contributed by atoms with Gasteiger partial charge in [-0.05, 0) is 54.4 Å². The van der Waals surface area contributed by atoms with Gasteiger partial charge in [-0.15, -0.1) is 0 Å². The molecule has 2 atom stereocenters. The first-order valence-corrected chi connectivity index (χ1v) is 7.83. The van der Waals surface area contributed by atoms with Crippen LogP contribution in [0.3, 0.4) is 0 Å². The minimum absolute atomic E-state index is 0.349. The Morgan fingerprint density at radius 2 is 1.72 bits per heavy atom. The third-order valence-corrected chi connectivity index (χ3v) is 5.20. The average molecular weight is 332 g/mol. The van der Waals surface area contributed by atoms with E-state index in [0.29, 0.717) is 16.2 Å². The van der Waals surface area contributed by atoms with Gasteiger partial charge in [-0.3, -0.25) is 0 Å². The highest BCUT2D eigenvalue weighted by molar-refractivity contribution is 9.09. The molecule has 0 heterocycles. The quantitative estimate of drug-likeness (QED) is 0.557. The molecule has 0 nitrogen and oxygen atoms in total. The lowest BCUT2D eigenvalue weighted by Gasteiger charge is -2.29. The maximum Gasteiger partial charge on any atom is 0.0438 e. The molecule has 1 rings (SSSR count). The Morgan fingerprint density at radius 1 is 1.17 bits per heavy atom. The molecule has 0 aliphatic carbocycles. The number of hydrogen-bond donors (Lipinski definition) is 0. The fourth-order valence-electron chi connectivity index (χ4n) is 1.93. The molecule has 0 aliphatic heterocycles. The van der Waals surface area contributed by atoms with Gasteiger partial charge in [-0.25, -0.2) is 0 Å². The number of benzene rings is 1. The largest absolute Gasteiger partial charge is 0.0840 e. The van der Waals surface area contributed by atoms with Crippen molar-refractivity contribution in [2.45, 2.75) is 52.8 Å². The summed E-state index contributed by atoms with van der Waals surface area (Å²) in [5, 5.41) is 0.861. The monoisotopic (exact) mass is 330 g/mol. The predicted octanol–water partition coefficient (Wildman–Crippen LogP) is 6.47. The Morgan fingerprint density at radius 3 is 2.22 bits per heavy atom. The molecule has 0 spiro atoms. The fourth-order valence-corrected chi connectivity index (χ4v) is 3.20. The van der Waals surface area contributed by atoms with Crippen LogP contribution in [-0.2, 0) is 0 Å². The van der Waals surface area contributed by atoms with E-state index >= 15 is 0 Å². The van der Waals surface area contributed by atoms with E-state index in [0.717, 1.165) is 17.0 Å². The van der Waals surface area contributed by atoms with Crippen molar-refractivity contribution in [3.63, 3.8) is 0 Å². The molecule has 2 unspecified atom stereocenters. The summed E-state index contributed by atoms with van der Waals surface area (Å²) in [7, 11) is 0. The number of alkyl halides is 1. The first kappa shape index (κ1) is 16.0. The smallest absolute Gasteiger partial charge is 0.0438 e. The van der Waals surface area contributed by atoms with Crippen LogP contribution >= 0.6 is 27.5 Å². The molecule has 1 aromatic carbocycles. The van der Waals surface area contributed by atoms with Gasteiger partial charge in [0.25, 0.3) is 0 Å². The second kappa shape index (κ2) is 5.96. The Bertz CT molecular complexity index is 418. The summed E-state index contributed by atoms with van der Waals surface area (Å²) in [6.45, 7) is 13.4. The lowest BCUT2D eigenvalue weighted by Crippen LogP contribution is -2.18. The molecule has 2 heteroatoms. The van der Waals surface area contributed by atoms with Crippen LogP contribution < -0.4 is 0 Å². The van der Waals surface area contributed by atoms with E-state index in [-0.39, 0.29) is 0 Å². The Kier molecular flexibility index (Phi) is 5.32. The summed E-state index contributed by atoms with van der Waals surface area (Å²) >= 11 is 10.00. The normalized spacial score (nSPS) is 15.6. The molecule has 0 saturated heterocycles. The van der Waals surface area contributed by atoms with Crippen molar-refractivity contribution in [2.24, 2.45) is 11.3 Å². The van der Waals surface area contributed by atoms with E-state index in [9.17, 15) is 0 Å². The van der Waals surface area contributed by atoms with Crippen LogP contribution in [0, 0.1) is 25.2 Å². The van der Waals surface area contributed by atoms with Crippen LogP contribution in [0.1, 0.15) is 55.6 Å². The van der Waals surface area contributed by atoms with E-state index in [1.54, 1.807) is 0 Å². The molecule has 0 saturated carbocycles. The van der Waals surface area contributed by atoms with Crippen LogP contribution in [0.5, 0.6) is 0 Å². The van der Waals surface area contributed by atoms with Crippen molar-refractivity contribution in [2.75, 3.05) is 0 Å². The van der Waals surface area contributed by atoms with Gasteiger partial charge in [-0.1, -0.05) is 61.3 Å². The number of aryl methyl sites for hydroxylation is 2. The zero-order valence-corrected chi connectivity index (χ0v) is 14.6. The minimum Gasteiger partial charge on any atom is -0.0840 e. The molecule has 1 aromatic rings.